The van der Waals surface area contributed by atoms with Crippen molar-refractivity contribution in [3.63, 3.8) is 0 Å². The molecule has 1 aliphatic heterocycles. The summed E-state index contributed by atoms with van der Waals surface area (Å²) in [5.41, 5.74) is 0.673. The third kappa shape index (κ3) is 1.76. The van der Waals surface area contributed by atoms with Gasteiger partial charge in [0, 0.05) is 19.0 Å². The van der Waals surface area contributed by atoms with Crippen LogP contribution in [-0.4, -0.2) is 26.3 Å². The molecule has 5 fully saturated rings. The molecule has 0 amide bonds. The second-order valence-electron chi connectivity index (χ2n) is 7.26. The van der Waals surface area contributed by atoms with Gasteiger partial charge in [-0.1, -0.05) is 0 Å². The Morgan fingerprint density at radius 3 is 2.24 bits per heavy atom. The summed E-state index contributed by atoms with van der Waals surface area (Å²) in [6, 6.07) is 0. The third-order valence-corrected chi connectivity index (χ3v) is 6.08. The van der Waals surface area contributed by atoms with Crippen LogP contribution in [0.4, 0.5) is 0 Å². The standard InChI is InChI=1S/C15H25NO/c1-2-17-10-14(9-16-1)15-6-11-3-12(7-15)5-13(4-11)8-15/h11-14,16H,1-10H2. The molecular formula is C15H25NO. The summed E-state index contributed by atoms with van der Waals surface area (Å²) in [6.45, 7) is 4.22. The van der Waals surface area contributed by atoms with Crippen LogP contribution in [0.2, 0.25) is 0 Å². The molecule has 1 saturated heterocycles. The Morgan fingerprint density at radius 2 is 1.59 bits per heavy atom. The Balaban J connectivity index is 1.58. The molecule has 96 valence electrons. The molecule has 2 nitrogen and oxygen atoms in total. The van der Waals surface area contributed by atoms with E-state index < -0.39 is 0 Å². The van der Waals surface area contributed by atoms with Crippen molar-refractivity contribution in [2.24, 2.45) is 29.1 Å². The molecule has 0 radical (unpaired) electrons. The van der Waals surface area contributed by atoms with E-state index in [1.807, 2.05) is 0 Å². The van der Waals surface area contributed by atoms with Crippen molar-refractivity contribution in [1.29, 1.82) is 0 Å². The van der Waals surface area contributed by atoms with Gasteiger partial charge in [0.2, 0.25) is 0 Å². The highest BCUT2D eigenvalue weighted by Gasteiger charge is 2.53. The maximum atomic E-state index is 5.83. The number of nitrogens with one attached hydrogen (secondary N) is 1. The summed E-state index contributed by atoms with van der Waals surface area (Å²) in [4.78, 5) is 0. The topological polar surface area (TPSA) is 21.3 Å². The quantitative estimate of drug-likeness (QED) is 0.754. The Morgan fingerprint density at radius 1 is 0.941 bits per heavy atom. The average molecular weight is 235 g/mol. The first-order valence-corrected chi connectivity index (χ1v) is 7.62. The van der Waals surface area contributed by atoms with Crippen molar-refractivity contribution < 1.29 is 4.74 Å². The number of rotatable bonds is 1. The van der Waals surface area contributed by atoms with Gasteiger partial charge in [-0.2, -0.15) is 0 Å². The summed E-state index contributed by atoms with van der Waals surface area (Å²) >= 11 is 0. The van der Waals surface area contributed by atoms with Gasteiger partial charge in [0.15, 0.2) is 0 Å². The molecule has 17 heavy (non-hydrogen) atoms. The molecule has 0 spiro atoms. The Kier molecular flexibility index (Phi) is 2.52. The van der Waals surface area contributed by atoms with E-state index in [9.17, 15) is 0 Å². The lowest BCUT2D eigenvalue weighted by Crippen LogP contribution is -2.52. The fraction of sp³-hybridized carbons (Fsp3) is 1.00. The number of hydrogen-bond donors (Lipinski definition) is 1. The summed E-state index contributed by atoms with van der Waals surface area (Å²) in [5, 5.41) is 3.60. The Labute approximate surface area is 104 Å². The fourth-order valence-corrected chi connectivity index (χ4v) is 5.78. The minimum absolute atomic E-state index is 0.673. The van der Waals surface area contributed by atoms with Gasteiger partial charge in [0.1, 0.15) is 0 Å². The second kappa shape index (κ2) is 3.96. The Hall–Kier alpha value is -0.0800. The van der Waals surface area contributed by atoms with Gasteiger partial charge in [0.05, 0.1) is 13.2 Å². The zero-order chi connectivity index (χ0) is 11.3. The molecule has 5 aliphatic rings. The number of ether oxygens (including phenoxy) is 1. The highest BCUT2D eigenvalue weighted by atomic mass is 16.5. The molecule has 0 aromatic heterocycles. The van der Waals surface area contributed by atoms with Crippen LogP contribution in [0.15, 0.2) is 0 Å². The summed E-state index contributed by atoms with van der Waals surface area (Å²) in [5.74, 6) is 4.02. The van der Waals surface area contributed by atoms with E-state index >= 15 is 0 Å². The van der Waals surface area contributed by atoms with E-state index in [0.29, 0.717) is 5.41 Å². The monoisotopic (exact) mass is 235 g/mol. The van der Waals surface area contributed by atoms with E-state index in [-0.39, 0.29) is 0 Å². The van der Waals surface area contributed by atoms with Gasteiger partial charge in [-0.15, -0.1) is 0 Å². The fourth-order valence-electron chi connectivity index (χ4n) is 5.78. The number of hydrogen-bond acceptors (Lipinski definition) is 2. The lowest BCUT2D eigenvalue weighted by Gasteiger charge is -2.59. The SMILES string of the molecule is C1COCC(C23CC4CC(CC(C4)C2)C3)CN1. The highest BCUT2D eigenvalue weighted by Crippen LogP contribution is 2.62. The lowest BCUT2D eigenvalue weighted by molar-refractivity contribution is -0.0992. The molecule has 1 unspecified atom stereocenters. The zero-order valence-electron chi connectivity index (χ0n) is 10.8. The summed E-state index contributed by atoms with van der Waals surface area (Å²) in [7, 11) is 0. The zero-order valence-corrected chi connectivity index (χ0v) is 10.8. The molecule has 0 aromatic carbocycles. The average Bonchev–Trinajstić information content (AvgIpc) is 2.55. The van der Waals surface area contributed by atoms with Gasteiger partial charge in [0.25, 0.3) is 0 Å². The molecule has 0 aromatic rings. The van der Waals surface area contributed by atoms with Crippen molar-refractivity contribution >= 4 is 0 Å². The van der Waals surface area contributed by atoms with Crippen molar-refractivity contribution in [2.75, 3.05) is 26.3 Å². The molecule has 5 rings (SSSR count). The maximum absolute atomic E-state index is 5.83. The first-order valence-electron chi connectivity index (χ1n) is 7.62. The largest absolute Gasteiger partial charge is 0.380 e. The van der Waals surface area contributed by atoms with Gasteiger partial charge >= 0.3 is 0 Å². The minimum atomic E-state index is 0.673. The van der Waals surface area contributed by atoms with Crippen molar-refractivity contribution in [3.8, 4) is 0 Å². The second-order valence-corrected chi connectivity index (χ2v) is 7.26. The van der Waals surface area contributed by atoms with Crippen molar-refractivity contribution in [3.05, 3.63) is 0 Å². The van der Waals surface area contributed by atoms with Gasteiger partial charge in [-0.3, -0.25) is 0 Å². The van der Waals surface area contributed by atoms with Crippen LogP contribution in [0.25, 0.3) is 0 Å². The molecule has 1 N–H and O–H groups in total. The predicted octanol–water partition coefficient (Wildman–Crippen LogP) is 2.44. The van der Waals surface area contributed by atoms with Gasteiger partial charge in [-0.25, -0.2) is 0 Å². The summed E-state index contributed by atoms with van der Waals surface area (Å²) < 4.78 is 5.83. The minimum Gasteiger partial charge on any atom is -0.380 e. The van der Waals surface area contributed by atoms with E-state index in [1.165, 1.54) is 25.8 Å². The molecule has 4 saturated carbocycles. The molecule has 1 atom stereocenters. The van der Waals surface area contributed by atoms with Crippen LogP contribution >= 0.6 is 0 Å². The maximum Gasteiger partial charge on any atom is 0.0591 e. The van der Waals surface area contributed by atoms with E-state index in [1.54, 1.807) is 19.3 Å². The normalized spacial score (nSPS) is 53.6. The van der Waals surface area contributed by atoms with Crippen LogP contribution in [0.1, 0.15) is 38.5 Å². The Bertz CT molecular complexity index is 258. The van der Waals surface area contributed by atoms with Crippen LogP contribution in [0.3, 0.4) is 0 Å². The van der Waals surface area contributed by atoms with E-state index in [0.717, 1.165) is 43.4 Å². The van der Waals surface area contributed by atoms with Crippen molar-refractivity contribution in [2.45, 2.75) is 38.5 Å². The van der Waals surface area contributed by atoms with Crippen LogP contribution in [0, 0.1) is 29.1 Å². The molecule has 1 heterocycles. The van der Waals surface area contributed by atoms with Crippen LogP contribution in [0.5, 0.6) is 0 Å². The first-order chi connectivity index (χ1) is 8.34. The molecular weight excluding hydrogens is 210 g/mol. The third-order valence-electron chi connectivity index (χ3n) is 6.08. The van der Waals surface area contributed by atoms with Crippen molar-refractivity contribution in [1.82, 2.24) is 5.32 Å². The predicted molar refractivity (Wildman–Crippen MR) is 67.8 cm³/mol. The molecule has 4 aliphatic carbocycles. The molecule has 2 heteroatoms. The van der Waals surface area contributed by atoms with E-state index in [2.05, 4.69) is 5.32 Å². The summed E-state index contributed by atoms with van der Waals surface area (Å²) in [6.07, 6.45) is 9.24. The van der Waals surface area contributed by atoms with Crippen LogP contribution < -0.4 is 5.32 Å². The van der Waals surface area contributed by atoms with Crippen LogP contribution in [-0.2, 0) is 4.74 Å². The lowest BCUT2D eigenvalue weighted by atomic mass is 9.46. The highest BCUT2D eigenvalue weighted by molar-refractivity contribution is 5.04. The first kappa shape index (κ1) is 10.8. The smallest absolute Gasteiger partial charge is 0.0591 e. The van der Waals surface area contributed by atoms with E-state index in [4.69, 9.17) is 4.74 Å². The van der Waals surface area contributed by atoms with Gasteiger partial charge < -0.3 is 10.1 Å². The molecule has 4 bridgehead atoms. The van der Waals surface area contributed by atoms with Gasteiger partial charge in [-0.05, 0) is 61.7 Å².